The Morgan fingerprint density at radius 1 is 1.03 bits per heavy atom. The molecule has 2 aromatic rings. The third-order valence-electron chi connectivity index (χ3n) is 4.85. The highest BCUT2D eigenvalue weighted by Crippen LogP contribution is 2.32. The van der Waals surface area contributed by atoms with E-state index in [9.17, 15) is 14.9 Å². The number of benzene rings is 2. The highest BCUT2D eigenvalue weighted by molar-refractivity contribution is 6.30. The fourth-order valence-corrected chi connectivity index (χ4v) is 3.27. The average molecular weight is 419 g/mol. The standard InChI is InChI=1S/C21H27ClN4O3/c1-4-24(5-2)14-15-25(6-3)19-9-7-8-18(20(19)26(28)29)21(27)23-17-12-10-16(22)11-13-17/h7-13H,4-6,14-15H2,1-3H3,(H,23,27). The summed E-state index contributed by atoms with van der Waals surface area (Å²) in [5, 5.41) is 15.1. The highest BCUT2D eigenvalue weighted by Gasteiger charge is 2.27. The molecule has 0 aromatic heterocycles. The monoisotopic (exact) mass is 418 g/mol. The molecule has 2 rings (SSSR count). The largest absolute Gasteiger partial charge is 0.365 e. The number of nitro benzene ring substituents is 1. The smallest absolute Gasteiger partial charge is 0.305 e. The second-order valence-corrected chi connectivity index (χ2v) is 6.93. The van der Waals surface area contributed by atoms with Crippen LogP contribution in [0.5, 0.6) is 0 Å². The number of nitrogens with one attached hydrogen (secondary N) is 1. The summed E-state index contributed by atoms with van der Waals surface area (Å²) in [4.78, 5) is 28.4. The summed E-state index contributed by atoms with van der Waals surface area (Å²) >= 11 is 5.87. The van der Waals surface area contributed by atoms with Gasteiger partial charge in [0.1, 0.15) is 11.3 Å². The van der Waals surface area contributed by atoms with Gasteiger partial charge in [-0.05, 0) is 56.4 Å². The summed E-state index contributed by atoms with van der Waals surface area (Å²) in [7, 11) is 0. The molecular formula is C21H27ClN4O3. The topological polar surface area (TPSA) is 78.7 Å². The molecule has 0 aliphatic heterocycles. The van der Waals surface area contributed by atoms with Crippen molar-refractivity contribution in [1.29, 1.82) is 0 Å². The van der Waals surface area contributed by atoms with Crippen LogP contribution in [0.2, 0.25) is 5.02 Å². The van der Waals surface area contributed by atoms with Crippen LogP contribution in [0.4, 0.5) is 17.1 Å². The molecule has 0 atom stereocenters. The molecule has 29 heavy (non-hydrogen) atoms. The molecule has 0 aliphatic carbocycles. The summed E-state index contributed by atoms with van der Waals surface area (Å²) < 4.78 is 0. The van der Waals surface area contributed by atoms with E-state index in [1.165, 1.54) is 6.07 Å². The van der Waals surface area contributed by atoms with Crippen molar-refractivity contribution in [1.82, 2.24) is 4.90 Å². The van der Waals surface area contributed by atoms with Gasteiger partial charge in [-0.2, -0.15) is 0 Å². The lowest BCUT2D eigenvalue weighted by molar-refractivity contribution is -0.384. The van der Waals surface area contributed by atoms with E-state index in [-0.39, 0.29) is 11.3 Å². The van der Waals surface area contributed by atoms with Gasteiger partial charge >= 0.3 is 5.69 Å². The molecule has 0 fully saturated rings. The Bertz CT molecular complexity index is 838. The molecule has 0 bridgehead atoms. The third-order valence-corrected chi connectivity index (χ3v) is 5.10. The van der Waals surface area contributed by atoms with E-state index in [0.717, 1.165) is 19.6 Å². The van der Waals surface area contributed by atoms with Gasteiger partial charge in [0.15, 0.2) is 0 Å². The van der Waals surface area contributed by atoms with Gasteiger partial charge in [-0.25, -0.2) is 0 Å². The zero-order valence-corrected chi connectivity index (χ0v) is 17.8. The first-order valence-electron chi connectivity index (χ1n) is 9.72. The number of carbonyl (C=O) groups excluding carboxylic acids is 1. The minimum atomic E-state index is -0.527. The molecule has 1 amide bonds. The van der Waals surface area contributed by atoms with Crippen molar-refractivity contribution in [3.63, 3.8) is 0 Å². The highest BCUT2D eigenvalue weighted by atomic mass is 35.5. The fourth-order valence-electron chi connectivity index (χ4n) is 3.14. The summed E-state index contributed by atoms with van der Waals surface area (Å²) in [6.45, 7) is 9.99. The minimum absolute atomic E-state index is 0.0312. The SMILES string of the molecule is CCN(CC)CCN(CC)c1cccc(C(=O)Nc2ccc(Cl)cc2)c1[N+](=O)[O-]. The van der Waals surface area contributed by atoms with E-state index in [2.05, 4.69) is 24.1 Å². The summed E-state index contributed by atoms with van der Waals surface area (Å²) in [5.41, 5.74) is 0.825. The van der Waals surface area contributed by atoms with Crippen molar-refractivity contribution in [2.24, 2.45) is 0 Å². The van der Waals surface area contributed by atoms with Gasteiger partial charge in [-0.3, -0.25) is 14.9 Å². The molecule has 0 spiro atoms. The molecular weight excluding hydrogens is 392 g/mol. The molecule has 8 heteroatoms. The summed E-state index contributed by atoms with van der Waals surface area (Å²) in [5.74, 6) is -0.527. The second kappa shape index (κ2) is 10.8. The maximum absolute atomic E-state index is 12.8. The molecule has 156 valence electrons. The summed E-state index contributed by atoms with van der Waals surface area (Å²) in [6, 6.07) is 11.5. The van der Waals surface area contributed by atoms with Crippen LogP contribution in [-0.4, -0.2) is 48.5 Å². The number of nitrogens with zero attached hydrogens (tertiary/aromatic N) is 3. The van der Waals surface area contributed by atoms with Crippen molar-refractivity contribution >= 4 is 34.6 Å². The first-order chi connectivity index (χ1) is 13.9. The predicted molar refractivity (Wildman–Crippen MR) is 118 cm³/mol. The average Bonchev–Trinajstić information content (AvgIpc) is 2.72. The van der Waals surface area contributed by atoms with Gasteiger partial charge < -0.3 is 15.1 Å². The van der Waals surface area contributed by atoms with Crippen LogP contribution in [-0.2, 0) is 0 Å². The van der Waals surface area contributed by atoms with E-state index >= 15 is 0 Å². The van der Waals surface area contributed by atoms with E-state index < -0.39 is 10.8 Å². The minimum Gasteiger partial charge on any atom is -0.365 e. The van der Waals surface area contributed by atoms with Gasteiger partial charge in [-0.1, -0.05) is 31.5 Å². The van der Waals surface area contributed by atoms with Crippen molar-refractivity contribution in [3.05, 3.63) is 63.2 Å². The van der Waals surface area contributed by atoms with Crippen LogP contribution in [0.1, 0.15) is 31.1 Å². The van der Waals surface area contributed by atoms with Crippen molar-refractivity contribution in [2.75, 3.05) is 42.9 Å². The molecule has 0 heterocycles. The first-order valence-corrected chi connectivity index (χ1v) is 10.1. The Morgan fingerprint density at radius 3 is 2.24 bits per heavy atom. The van der Waals surface area contributed by atoms with Crippen molar-refractivity contribution in [3.8, 4) is 0 Å². The number of likely N-dealkylation sites (N-methyl/N-ethyl adjacent to an activating group) is 2. The number of anilines is 2. The van der Waals surface area contributed by atoms with Crippen LogP contribution in [0.3, 0.4) is 0 Å². The van der Waals surface area contributed by atoms with Gasteiger partial charge in [0.2, 0.25) is 0 Å². The molecule has 1 N–H and O–H groups in total. The Balaban J connectivity index is 2.33. The van der Waals surface area contributed by atoms with E-state index in [0.29, 0.717) is 29.5 Å². The predicted octanol–water partition coefficient (Wildman–Crippen LogP) is 4.67. The lowest BCUT2D eigenvalue weighted by atomic mass is 10.1. The van der Waals surface area contributed by atoms with E-state index in [4.69, 9.17) is 11.6 Å². The number of hydrogen-bond donors (Lipinski definition) is 1. The fraction of sp³-hybridized carbons (Fsp3) is 0.381. The lowest BCUT2D eigenvalue weighted by Gasteiger charge is -2.27. The van der Waals surface area contributed by atoms with Crippen molar-refractivity contribution in [2.45, 2.75) is 20.8 Å². The second-order valence-electron chi connectivity index (χ2n) is 6.50. The van der Waals surface area contributed by atoms with Crippen LogP contribution in [0, 0.1) is 10.1 Å². The zero-order chi connectivity index (χ0) is 21.4. The normalized spacial score (nSPS) is 10.8. The molecule has 0 unspecified atom stereocenters. The number of halogens is 1. The van der Waals surface area contributed by atoms with Crippen LogP contribution < -0.4 is 10.2 Å². The Labute approximate surface area is 176 Å². The zero-order valence-electron chi connectivity index (χ0n) is 17.0. The number of rotatable bonds is 10. The van der Waals surface area contributed by atoms with Gasteiger partial charge in [-0.15, -0.1) is 0 Å². The van der Waals surface area contributed by atoms with Gasteiger partial charge in [0.25, 0.3) is 5.91 Å². The van der Waals surface area contributed by atoms with Crippen LogP contribution in [0.25, 0.3) is 0 Å². The van der Waals surface area contributed by atoms with Crippen molar-refractivity contribution < 1.29 is 9.72 Å². The number of para-hydroxylation sites is 1. The Morgan fingerprint density at radius 2 is 1.69 bits per heavy atom. The quantitative estimate of drug-likeness (QED) is 0.448. The molecule has 0 radical (unpaired) electrons. The third kappa shape index (κ3) is 5.92. The van der Waals surface area contributed by atoms with Crippen LogP contribution in [0.15, 0.2) is 42.5 Å². The number of hydrogen-bond acceptors (Lipinski definition) is 5. The molecule has 7 nitrogen and oxygen atoms in total. The molecule has 0 aliphatic rings. The lowest BCUT2D eigenvalue weighted by Crippen LogP contribution is -2.35. The van der Waals surface area contributed by atoms with E-state index in [1.807, 2.05) is 11.8 Å². The van der Waals surface area contributed by atoms with E-state index in [1.54, 1.807) is 36.4 Å². The van der Waals surface area contributed by atoms with Crippen LogP contribution >= 0.6 is 11.6 Å². The number of carbonyl (C=O) groups is 1. The number of nitro groups is 1. The Hall–Kier alpha value is -2.64. The Kier molecular flexibility index (Phi) is 8.42. The maximum Gasteiger partial charge on any atom is 0.305 e. The molecule has 0 saturated heterocycles. The summed E-state index contributed by atoms with van der Waals surface area (Å²) in [6.07, 6.45) is 0. The van der Waals surface area contributed by atoms with Gasteiger partial charge in [0.05, 0.1) is 4.92 Å². The first kappa shape index (κ1) is 22.6. The molecule has 2 aromatic carbocycles. The maximum atomic E-state index is 12.8. The molecule has 0 saturated carbocycles. The number of amides is 1. The van der Waals surface area contributed by atoms with Gasteiger partial charge in [0, 0.05) is 30.3 Å².